The molecule has 0 saturated heterocycles. The highest BCUT2D eigenvalue weighted by atomic mass is 16.2. The number of benzene rings is 1. The van der Waals surface area contributed by atoms with E-state index in [1.54, 1.807) is 24.3 Å². The average molecular weight is 259 g/mol. The lowest BCUT2D eigenvalue weighted by Crippen LogP contribution is -2.37. The van der Waals surface area contributed by atoms with E-state index in [4.69, 9.17) is 5.26 Å². The van der Waals surface area contributed by atoms with Crippen molar-refractivity contribution in [2.24, 2.45) is 0 Å². The van der Waals surface area contributed by atoms with E-state index in [-0.39, 0.29) is 5.91 Å². The van der Waals surface area contributed by atoms with Crippen molar-refractivity contribution < 1.29 is 4.79 Å². The highest BCUT2D eigenvalue weighted by Crippen LogP contribution is 2.13. The van der Waals surface area contributed by atoms with E-state index in [2.05, 4.69) is 25.2 Å². The molecule has 0 aliphatic heterocycles. The van der Waals surface area contributed by atoms with Crippen LogP contribution in [0.1, 0.15) is 32.3 Å². The number of nitrogens with one attached hydrogen (secondary N) is 1. The summed E-state index contributed by atoms with van der Waals surface area (Å²) in [5, 5.41) is 11.8. The summed E-state index contributed by atoms with van der Waals surface area (Å²) in [7, 11) is 1.95. The Morgan fingerprint density at radius 2 is 2.00 bits per heavy atom. The number of hydrogen-bond acceptors (Lipinski definition) is 3. The largest absolute Gasteiger partial charge is 0.324 e. The number of likely N-dealkylation sites (N-methyl/N-ethyl adjacent to an activating group) is 1. The van der Waals surface area contributed by atoms with E-state index >= 15 is 0 Å². The Bertz CT molecular complexity index is 461. The van der Waals surface area contributed by atoms with Crippen LogP contribution in [0.15, 0.2) is 24.3 Å². The van der Waals surface area contributed by atoms with Crippen molar-refractivity contribution in [2.45, 2.75) is 32.7 Å². The predicted molar refractivity (Wildman–Crippen MR) is 76.8 cm³/mol. The molecule has 0 aliphatic rings. The zero-order valence-corrected chi connectivity index (χ0v) is 11.8. The minimum absolute atomic E-state index is 0.0860. The van der Waals surface area contributed by atoms with E-state index < -0.39 is 0 Å². The van der Waals surface area contributed by atoms with Crippen LogP contribution in [0, 0.1) is 11.3 Å². The highest BCUT2D eigenvalue weighted by Gasteiger charge is 2.14. The Morgan fingerprint density at radius 3 is 2.58 bits per heavy atom. The molecule has 0 saturated carbocycles. The summed E-state index contributed by atoms with van der Waals surface area (Å²) in [6.07, 6.45) is 2.05. The second-order valence-electron chi connectivity index (χ2n) is 4.59. The number of nitrogens with zero attached hydrogens (tertiary/aromatic N) is 2. The van der Waals surface area contributed by atoms with E-state index in [1.807, 2.05) is 11.9 Å². The van der Waals surface area contributed by atoms with Crippen molar-refractivity contribution in [1.82, 2.24) is 4.90 Å². The third-order valence-electron chi connectivity index (χ3n) is 3.28. The van der Waals surface area contributed by atoms with Crippen molar-refractivity contribution in [1.29, 1.82) is 5.26 Å². The summed E-state index contributed by atoms with van der Waals surface area (Å²) in [6.45, 7) is 4.58. The number of nitriles is 1. The molecule has 4 heteroatoms. The smallest absolute Gasteiger partial charge is 0.238 e. The SMILES string of the molecule is CCC(CC)N(C)CC(=O)Nc1ccccc1C#N. The van der Waals surface area contributed by atoms with Crippen LogP contribution >= 0.6 is 0 Å². The number of carbonyl (C=O) groups is 1. The van der Waals surface area contributed by atoms with Gasteiger partial charge in [-0.3, -0.25) is 9.69 Å². The van der Waals surface area contributed by atoms with Crippen LogP contribution in [0.5, 0.6) is 0 Å². The molecule has 0 atom stereocenters. The second-order valence-corrected chi connectivity index (χ2v) is 4.59. The molecule has 0 aliphatic carbocycles. The first kappa shape index (κ1) is 15.2. The molecule has 1 aromatic carbocycles. The summed E-state index contributed by atoms with van der Waals surface area (Å²) >= 11 is 0. The van der Waals surface area contributed by atoms with Crippen LogP contribution < -0.4 is 5.32 Å². The molecule has 1 rings (SSSR count). The minimum atomic E-state index is -0.0860. The van der Waals surface area contributed by atoms with Gasteiger partial charge in [-0.15, -0.1) is 0 Å². The van der Waals surface area contributed by atoms with Gasteiger partial charge in [0.05, 0.1) is 17.8 Å². The third-order valence-corrected chi connectivity index (χ3v) is 3.28. The maximum atomic E-state index is 12.0. The Balaban J connectivity index is 2.63. The summed E-state index contributed by atoms with van der Waals surface area (Å²) in [6, 6.07) is 9.51. The highest BCUT2D eigenvalue weighted by molar-refractivity contribution is 5.93. The second kappa shape index (κ2) is 7.55. The molecule has 4 nitrogen and oxygen atoms in total. The zero-order valence-electron chi connectivity index (χ0n) is 11.8. The Morgan fingerprint density at radius 1 is 1.37 bits per heavy atom. The average Bonchev–Trinajstić information content (AvgIpc) is 2.40. The van der Waals surface area contributed by atoms with Crippen LogP contribution in [0.2, 0.25) is 0 Å². The van der Waals surface area contributed by atoms with Crippen molar-refractivity contribution >= 4 is 11.6 Å². The summed E-state index contributed by atoms with van der Waals surface area (Å²) < 4.78 is 0. The summed E-state index contributed by atoms with van der Waals surface area (Å²) in [5.41, 5.74) is 1.06. The standard InChI is InChI=1S/C15H21N3O/c1-4-13(5-2)18(3)11-15(19)17-14-9-7-6-8-12(14)10-16/h6-9,13H,4-5,11H2,1-3H3,(H,17,19). The van der Waals surface area contributed by atoms with Gasteiger partial charge in [0.2, 0.25) is 5.91 Å². The number of rotatable bonds is 6. The first-order chi connectivity index (χ1) is 9.12. The molecule has 1 aromatic rings. The lowest BCUT2D eigenvalue weighted by molar-refractivity contribution is -0.117. The zero-order chi connectivity index (χ0) is 14.3. The molecule has 0 aromatic heterocycles. The monoisotopic (exact) mass is 259 g/mol. The summed E-state index contributed by atoms with van der Waals surface area (Å²) in [5.74, 6) is -0.0860. The molecule has 19 heavy (non-hydrogen) atoms. The van der Waals surface area contributed by atoms with Gasteiger partial charge in [-0.1, -0.05) is 26.0 Å². The van der Waals surface area contributed by atoms with Crippen LogP contribution in [0.3, 0.4) is 0 Å². The number of hydrogen-bond donors (Lipinski definition) is 1. The van der Waals surface area contributed by atoms with E-state index in [1.165, 1.54) is 0 Å². The van der Waals surface area contributed by atoms with Crippen LogP contribution in [0.25, 0.3) is 0 Å². The van der Waals surface area contributed by atoms with E-state index in [0.29, 0.717) is 23.8 Å². The molecule has 102 valence electrons. The molecule has 0 spiro atoms. The Hall–Kier alpha value is -1.86. The Kier molecular flexibility index (Phi) is 6.04. The summed E-state index contributed by atoms with van der Waals surface area (Å²) in [4.78, 5) is 14.0. The minimum Gasteiger partial charge on any atom is -0.324 e. The molecule has 0 unspecified atom stereocenters. The van der Waals surface area contributed by atoms with Crippen molar-refractivity contribution in [2.75, 3.05) is 18.9 Å². The van der Waals surface area contributed by atoms with Gasteiger partial charge in [0.15, 0.2) is 0 Å². The third kappa shape index (κ3) is 4.38. The first-order valence-corrected chi connectivity index (χ1v) is 6.61. The number of carbonyl (C=O) groups excluding carboxylic acids is 1. The maximum Gasteiger partial charge on any atom is 0.238 e. The molecule has 0 bridgehead atoms. The fourth-order valence-electron chi connectivity index (χ4n) is 2.15. The van der Waals surface area contributed by atoms with Gasteiger partial charge >= 0.3 is 0 Å². The molecule has 1 amide bonds. The molecular formula is C15H21N3O. The molecule has 0 fully saturated rings. The maximum absolute atomic E-state index is 12.0. The van der Waals surface area contributed by atoms with Gasteiger partial charge in [-0.05, 0) is 32.0 Å². The molecular weight excluding hydrogens is 238 g/mol. The molecule has 1 N–H and O–H groups in total. The van der Waals surface area contributed by atoms with Crippen molar-refractivity contribution in [3.63, 3.8) is 0 Å². The molecule has 0 radical (unpaired) electrons. The van der Waals surface area contributed by atoms with Gasteiger partial charge in [0.25, 0.3) is 0 Å². The normalized spacial score (nSPS) is 10.5. The van der Waals surface area contributed by atoms with Gasteiger partial charge in [0.1, 0.15) is 6.07 Å². The van der Waals surface area contributed by atoms with Gasteiger partial charge in [0, 0.05) is 6.04 Å². The Labute approximate surface area is 115 Å². The first-order valence-electron chi connectivity index (χ1n) is 6.61. The molecule has 0 heterocycles. The number of amides is 1. The fraction of sp³-hybridized carbons (Fsp3) is 0.467. The van der Waals surface area contributed by atoms with Gasteiger partial charge in [-0.2, -0.15) is 5.26 Å². The van der Waals surface area contributed by atoms with Crippen LogP contribution in [0.4, 0.5) is 5.69 Å². The lowest BCUT2D eigenvalue weighted by Gasteiger charge is -2.25. The number of para-hydroxylation sites is 1. The lowest BCUT2D eigenvalue weighted by atomic mass is 10.1. The van der Waals surface area contributed by atoms with E-state index in [0.717, 1.165) is 12.8 Å². The van der Waals surface area contributed by atoms with Crippen LogP contribution in [-0.2, 0) is 4.79 Å². The van der Waals surface area contributed by atoms with Gasteiger partial charge < -0.3 is 5.32 Å². The van der Waals surface area contributed by atoms with E-state index in [9.17, 15) is 4.79 Å². The van der Waals surface area contributed by atoms with Crippen molar-refractivity contribution in [3.05, 3.63) is 29.8 Å². The van der Waals surface area contributed by atoms with Gasteiger partial charge in [-0.25, -0.2) is 0 Å². The fourth-order valence-corrected chi connectivity index (χ4v) is 2.15. The van der Waals surface area contributed by atoms with Crippen molar-refractivity contribution in [3.8, 4) is 6.07 Å². The number of anilines is 1. The van der Waals surface area contributed by atoms with Crippen LogP contribution in [-0.4, -0.2) is 30.4 Å². The predicted octanol–water partition coefficient (Wildman–Crippen LogP) is 2.62. The topological polar surface area (TPSA) is 56.1 Å². The quantitative estimate of drug-likeness (QED) is 0.854.